The van der Waals surface area contributed by atoms with Crippen LogP contribution in [0.4, 0.5) is 4.39 Å². The number of nitrogens with two attached hydrogens (primary N) is 1. The van der Waals surface area contributed by atoms with Gasteiger partial charge in [0.1, 0.15) is 24.2 Å². The van der Waals surface area contributed by atoms with Gasteiger partial charge in [0.25, 0.3) is 0 Å². The molecular weight excluding hydrogens is 463 g/mol. The molecule has 3 aromatic rings. The van der Waals surface area contributed by atoms with Gasteiger partial charge in [0.2, 0.25) is 12.7 Å². The second-order valence-corrected chi connectivity index (χ2v) is 8.85. The molecule has 6 rings (SSSR count). The van der Waals surface area contributed by atoms with E-state index in [0.29, 0.717) is 29.4 Å². The van der Waals surface area contributed by atoms with Crippen LogP contribution in [0.25, 0.3) is 0 Å². The molecule has 182 valence electrons. The van der Waals surface area contributed by atoms with E-state index >= 15 is 0 Å². The number of nitriles is 1. The second-order valence-electron chi connectivity index (χ2n) is 8.85. The van der Waals surface area contributed by atoms with Crippen molar-refractivity contribution in [1.82, 2.24) is 10.9 Å². The summed E-state index contributed by atoms with van der Waals surface area (Å²) in [6.07, 6.45) is -0.433. The first-order valence-electron chi connectivity index (χ1n) is 11.5. The first-order valence-corrected chi connectivity index (χ1v) is 11.5. The zero-order valence-electron chi connectivity index (χ0n) is 19.1. The van der Waals surface area contributed by atoms with Gasteiger partial charge >= 0.3 is 0 Å². The van der Waals surface area contributed by atoms with Gasteiger partial charge in [-0.05, 0) is 53.1 Å². The molecule has 0 saturated carbocycles. The van der Waals surface area contributed by atoms with Crippen LogP contribution in [0.3, 0.4) is 0 Å². The fourth-order valence-corrected chi connectivity index (χ4v) is 5.00. The highest BCUT2D eigenvalue weighted by Crippen LogP contribution is 2.48. The number of nitrogens with one attached hydrogen (secondary N) is 2. The molecule has 1 fully saturated rings. The fraction of sp³-hybridized carbons (Fsp3) is 0.222. The Morgan fingerprint density at radius 1 is 0.972 bits per heavy atom. The lowest BCUT2D eigenvalue weighted by Crippen LogP contribution is -2.40. The molecule has 4 N–H and O–H groups in total. The SMILES string of the molecule is N#CC1=C(N)OC2NNC(c3ccc4c(c3)OCO4)C2C1c1ccc(OCc2ccc(F)cc2)cc1. The van der Waals surface area contributed by atoms with E-state index in [1.54, 1.807) is 12.1 Å². The molecule has 0 spiro atoms. The summed E-state index contributed by atoms with van der Waals surface area (Å²) < 4.78 is 35.9. The lowest BCUT2D eigenvalue weighted by Gasteiger charge is -2.36. The normalized spacial score (nSPS) is 24.1. The highest BCUT2D eigenvalue weighted by molar-refractivity contribution is 5.48. The molecule has 3 heterocycles. The molecule has 3 aromatic carbocycles. The van der Waals surface area contributed by atoms with E-state index in [-0.39, 0.29) is 36.4 Å². The molecule has 0 bridgehead atoms. The summed E-state index contributed by atoms with van der Waals surface area (Å²) in [5, 5.41) is 9.98. The minimum atomic E-state index is -0.433. The molecule has 4 atom stereocenters. The van der Waals surface area contributed by atoms with E-state index < -0.39 is 6.23 Å². The Kier molecular flexibility index (Phi) is 5.60. The largest absolute Gasteiger partial charge is 0.489 e. The van der Waals surface area contributed by atoms with Crippen molar-refractivity contribution < 1.29 is 23.3 Å². The van der Waals surface area contributed by atoms with Crippen molar-refractivity contribution >= 4 is 0 Å². The van der Waals surface area contributed by atoms with E-state index in [1.807, 2.05) is 42.5 Å². The third-order valence-corrected chi connectivity index (χ3v) is 6.77. The Hall–Kier alpha value is -4.26. The summed E-state index contributed by atoms with van der Waals surface area (Å²) in [5.74, 6) is 1.39. The zero-order chi connectivity index (χ0) is 24.6. The van der Waals surface area contributed by atoms with Crippen LogP contribution in [0.5, 0.6) is 17.2 Å². The van der Waals surface area contributed by atoms with Gasteiger partial charge in [-0.3, -0.25) is 0 Å². The lowest BCUT2D eigenvalue weighted by molar-refractivity contribution is 0.0340. The Morgan fingerprint density at radius 2 is 1.72 bits per heavy atom. The van der Waals surface area contributed by atoms with Crippen LogP contribution in [0.15, 0.2) is 78.2 Å². The van der Waals surface area contributed by atoms with Crippen molar-refractivity contribution in [3.8, 4) is 23.3 Å². The summed E-state index contributed by atoms with van der Waals surface area (Å²) >= 11 is 0. The molecule has 3 aliphatic heterocycles. The summed E-state index contributed by atoms with van der Waals surface area (Å²) in [7, 11) is 0. The first kappa shape index (κ1) is 22.2. The highest BCUT2D eigenvalue weighted by atomic mass is 19.1. The smallest absolute Gasteiger partial charge is 0.231 e. The Labute approximate surface area is 207 Å². The molecule has 36 heavy (non-hydrogen) atoms. The summed E-state index contributed by atoms with van der Waals surface area (Å²) in [5.41, 5.74) is 15.8. The quantitative estimate of drug-likeness (QED) is 0.500. The molecule has 0 aromatic heterocycles. The van der Waals surface area contributed by atoms with Crippen LogP contribution in [-0.4, -0.2) is 13.0 Å². The van der Waals surface area contributed by atoms with Crippen LogP contribution >= 0.6 is 0 Å². The molecule has 1 saturated heterocycles. The molecule has 0 radical (unpaired) electrons. The van der Waals surface area contributed by atoms with Crippen LogP contribution in [0.2, 0.25) is 0 Å². The monoisotopic (exact) mass is 486 g/mol. The maximum absolute atomic E-state index is 13.1. The van der Waals surface area contributed by atoms with Gasteiger partial charge in [-0.2, -0.15) is 5.26 Å². The van der Waals surface area contributed by atoms with Gasteiger partial charge in [-0.25, -0.2) is 15.2 Å². The number of allylic oxidation sites excluding steroid dienone is 1. The van der Waals surface area contributed by atoms with Crippen LogP contribution < -0.4 is 30.8 Å². The highest BCUT2D eigenvalue weighted by Gasteiger charge is 2.49. The van der Waals surface area contributed by atoms with Crippen molar-refractivity contribution in [2.75, 3.05) is 6.79 Å². The third kappa shape index (κ3) is 3.96. The third-order valence-electron chi connectivity index (χ3n) is 6.77. The molecule has 0 aliphatic carbocycles. The number of nitrogens with zero attached hydrogens (tertiary/aromatic N) is 1. The van der Waals surface area contributed by atoms with Gasteiger partial charge in [-0.1, -0.05) is 30.3 Å². The first-order chi connectivity index (χ1) is 17.6. The van der Waals surface area contributed by atoms with Crippen molar-refractivity contribution in [3.63, 3.8) is 0 Å². The van der Waals surface area contributed by atoms with Gasteiger partial charge in [-0.15, -0.1) is 0 Å². The number of benzene rings is 3. The number of hydrogen-bond acceptors (Lipinski definition) is 8. The summed E-state index contributed by atoms with van der Waals surface area (Å²) in [6, 6.07) is 21.7. The van der Waals surface area contributed by atoms with Gasteiger partial charge in [0, 0.05) is 11.8 Å². The zero-order valence-corrected chi connectivity index (χ0v) is 19.1. The molecule has 4 unspecified atom stereocenters. The Morgan fingerprint density at radius 3 is 2.50 bits per heavy atom. The fourth-order valence-electron chi connectivity index (χ4n) is 5.00. The van der Waals surface area contributed by atoms with Gasteiger partial charge in [0.05, 0.1) is 11.6 Å². The summed E-state index contributed by atoms with van der Waals surface area (Å²) in [6.45, 7) is 0.512. The predicted octanol–water partition coefficient (Wildman–Crippen LogP) is 3.73. The molecule has 0 amide bonds. The molecule has 3 aliphatic rings. The van der Waals surface area contributed by atoms with Crippen molar-refractivity contribution in [3.05, 3.63) is 101 Å². The van der Waals surface area contributed by atoms with Crippen LogP contribution in [-0.2, 0) is 11.3 Å². The summed E-state index contributed by atoms with van der Waals surface area (Å²) in [4.78, 5) is 0. The molecule has 8 nitrogen and oxygen atoms in total. The average Bonchev–Trinajstić information content (AvgIpc) is 3.54. The van der Waals surface area contributed by atoms with Crippen molar-refractivity contribution in [2.45, 2.75) is 24.8 Å². The van der Waals surface area contributed by atoms with Gasteiger partial charge in [0.15, 0.2) is 17.7 Å². The van der Waals surface area contributed by atoms with E-state index in [0.717, 1.165) is 16.7 Å². The molecule has 9 heteroatoms. The van der Waals surface area contributed by atoms with E-state index in [1.165, 1.54) is 12.1 Å². The Balaban J connectivity index is 1.28. The maximum Gasteiger partial charge on any atom is 0.231 e. The van der Waals surface area contributed by atoms with E-state index in [9.17, 15) is 9.65 Å². The maximum atomic E-state index is 13.1. The van der Waals surface area contributed by atoms with E-state index in [2.05, 4.69) is 16.9 Å². The number of ether oxygens (including phenoxy) is 4. The van der Waals surface area contributed by atoms with E-state index in [4.69, 9.17) is 24.7 Å². The van der Waals surface area contributed by atoms with Gasteiger partial charge < -0.3 is 24.7 Å². The predicted molar refractivity (Wildman–Crippen MR) is 127 cm³/mol. The minimum Gasteiger partial charge on any atom is -0.489 e. The van der Waals surface area contributed by atoms with Crippen molar-refractivity contribution in [1.29, 1.82) is 5.26 Å². The number of halogens is 1. The Bertz CT molecular complexity index is 1350. The average molecular weight is 487 g/mol. The standard InChI is InChI=1S/C27H23FN4O4/c28-18-6-1-15(2-7-18)13-33-19-8-3-16(4-9-19)23-20(12-29)26(30)36-27-24(23)25(31-32-27)17-5-10-21-22(11-17)35-14-34-21/h1-11,23-25,27,31-32H,13-14,30H2. The number of hydrogen-bond donors (Lipinski definition) is 3. The minimum absolute atomic E-state index is 0.112. The number of fused-ring (bicyclic) bond motifs is 2. The lowest BCUT2D eigenvalue weighted by atomic mass is 9.74. The molecular formula is C27H23FN4O4. The van der Waals surface area contributed by atoms with Crippen LogP contribution in [0, 0.1) is 23.1 Å². The van der Waals surface area contributed by atoms with Crippen molar-refractivity contribution in [2.24, 2.45) is 11.7 Å². The van der Waals surface area contributed by atoms with Crippen LogP contribution in [0.1, 0.15) is 28.7 Å². The topological polar surface area (TPSA) is 111 Å². The second kappa shape index (κ2) is 9.07. The number of rotatable bonds is 5. The number of hydrazine groups is 1.